The van der Waals surface area contributed by atoms with Gasteiger partial charge in [-0.05, 0) is 49.2 Å². The lowest BCUT2D eigenvalue weighted by atomic mass is 10.1. The molecule has 0 saturated heterocycles. The molecule has 0 atom stereocenters. The minimum absolute atomic E-state index is 0.228. The Kier molecular flexibility index (Phi) is 3.30. The van der Waals surface area contributed by atoms with Crippen molar-refractivity contribution in [2.24, 2.45) is 0 Å². The molecule has 0 radical (unpaired) electrons. The molecule has 2 aliphatic heterocycles. The molecule has 0 spiro atoms. The van der Waals surface area contributed by atoms with Crippen LogP contribution >= 0.6 is 11.8 Å². The molecule has 0 aromatic heterocycles. The van der Waals surface area contributed by atoms with Gasteiger partial charge in [-0.2, -0.15) is 0 Å². The lowest BCUT2D eigenvalue weighted by molar-refractivity contribution is 0.0425. The normalized spacial score (nSPS) is 15.1. The molecule has 25 heavy (non-hydrogen) atoms. The Hall–Kier alpha value is -2.93. The number of carbonyl (C=O) groups is 4. The van der Waals surface area contributed by atoms with Crippen LogP contribution in [0.1, 0.15) is 52.6 Å². The van der Waals surface area contributed by atoms with Crippen LogP contribution < -0.4 is 0 Å². The summed E-state index contributed by atoms with van der Waals surface area (Å²) in [5, 5.41) is 0. The van der Waals surface area contributed by atoms with Crippen LogP contribution in [0, 0.1) is 13.8 Å². The maximum absolute atomic E-state index is 11.7. The zero-order chi connectivity index (χ0) is 17.9. The molecule has 6 nitrogen and oxygen atoms in total. The van der Waals surface area contributed by atoms with Gasteiger partial charge < -0.3 is 9.47 Å². The Balaban J connectivity index is 1.77. The fourth-order valence-corrected chi connectivity index (χ4v) is 3.81. The molecule has 4 rings (SSSR count). The maximum atomic E-state index is 11.7. The monoisotopic (exact) mass is 354 g/mol. The zero-order valence-corrected chi connectivity index (χ0v) is 14.0. The Morgan fingerprint density at radius 2 is 0.920 bits per heavy atom. The summed E-state index contributed by atoms with van der Waals surface area (Å²) in [6.07, 6.45) is 0. The summed E-state index contributed by atoms with van der Waals surface area (Å²) in [5.74, 6) is -2.62. The molecule has 124 valence electrons. The van der Waals surface area contributed by atoms with Gasteiger partial charge in [0.25, 0.3) is 0 Å². The Labute approximate surface area is 146 Å². The largest absolute Gasteiger partial charge is 0.386 e. The average molecular weight is 354 g/mol. The van der Waals surface area contributed by atoms with Crippen LogP contribution in [-0.2, 0) is 9.47 Å². The van der Waals surface area contributed by atoms with Gasteiger partial charge in [0.05, 0.1) is 22.3 Å². The van der Waals surface area contributed by atoms with Crippen LogP contribution in [-0.4, -0.2) is 23.9 Å². The van der Waals surface area contributed by atoms with E-state index >= 15 is 0 Å². The molecule has 2 heterocycles. The molecule has 7 heteroatoms. The first-order valence-electron chi connectivity index (χ1n) is 7.35. The number of fused-ring (bicyclic) bond motifs is 2. The highest BCUT2D eigenvalue weighted by Crippen LogP contribution is 2.38. The number of aryl methyl sites for hydroxylation is 2. The summed E-state index contributed by atoms with van der Waals surface area (Å²) in [6, 6.07) is 6.45. The first kappa shape index (κ1) is 15.6. The molecule has 2 aromatic carbocycles. The smallest absolute Gasteiger partial charge is 0.346 e. The van der Waals surface area contributed by atoms with E-state index in [1.165, 1.54) is 11.8 Å². The second kappa shape index (κ2) is 5.29. The van der Waals surface area contributed by atoms with Crippen LogP contribution in [0.3, 0.4) is 0 Å². The number of rotatable bonds is 2. The second-order valence-corrected chi connectivity index (χ2v) is 6.87. The molecule has 0 amide bonds. The summed E-state index contributed by atoms with van der Waals surface area (Å²) < 4.78 is 9.23. The molecule has 2 aliphatic rings. The van der Waals surface area contributed by atoms with Crippen LogP contribution in [0.15, 0.2) is 34.1 Å². The first-order chi connectivity index (χ1) is 11.8. The van der Waals surface area contributed by atoms with Crippen molar-refractivity contribution in [3.05, 3.63) is 57.6 Å². The molecule has 0 N–H and O–H groups in total. The average Bonchev–Trinajstić information content (AvgIpc) is 2.97. The molecule has 2 aromatic rings. The van der Waals surface area contributed by atoms with Gasteiger partial charge in [-0.1, -0.05) is 11.8 Å². The van der Waals surface area contributed by atoms with E-state index in [2.05, 4.69) is 9.47 Å². The van der Waals surface area contributed by atoms with Gasteiger partial charge in [0.1, 0.15) is 0 Å². The van der Waals surface area contributed by atoms with Crippen molar-refractivity contribution >= 4 is 35.6 Å². The number of carbonyl (C=O) groups excluding carboxylic acids is 4. The number of esters is 4. The lowest BCUT2D eigenvalue weighted by Gasteiger charge is -2.10. The van der Waals surface area contributed by atoms with E-state index in [-0.39, 0.29) is 22.3 Å². The van der Waals surface area contributed by atoms with E-state index in [1.807, 2.05) is 13.8 Å². The van der Waals surface area contributed by atoms with Crippen molar-refractivity contribution in [1.82, 2.24) is 0 Å². The number of ether oxygens (including phenoxy) is 2. The predicted molar refractivity (Wildman–Crippen MR) is 86.0 cm³/mol. The lowest BCUT2D eigenvalue weighted by Crippen LogP contribution is -1.97. The van der Waals surface area contributed by atoms with Gasteiger partial charge in [0.15, 0.2) is 0 Å². The van der Waals surface area contributed by atoms with Gasteiger partial charge >= 0.3 is 23.9 Å². The number of hydrogen-bond acceptors (Lipinski definition) is 7. The van der Waals surface area contributed by atoms with Gasteiger partial charge in [-0.15, -0.1) is 0 Å². The number of cyclic esters (lactones) is 4. The van der Waals surface area contributed by atoms with Crippen molar-refractivity contribution in [3.8, 4) is 0 Å². The van der Waals surface area contributed by atoms with Crippen LogP contribution in [0.5, 0.6) is 0 Å². The summed E-state index contributed by atoms with van der Waals surface area (Å²) in [5.41, 5.74) is 2.57. The van der Waals surface area contributed by atoms with Crippen molar-refractivity contribution in [2.75, 3.05) is 0 Å². The van der Waals surface area contributed by atoms with E-state index in [0.29, 0.717) is 0 Å². The topological polar surface area (TPSA) is 86.7 Å². The van der Waals surface area contributed by atoms with E-state index in [0.717, 1.165) is 20.9 Å². The maximum Gasteiger partial charge on any atom is 0.346 e. The summed E-state index contributed by atoms with van der Waals surface area (Å²) >= 11 is 1.34. The van der Waals surface area contributed by atoms with Crippen molar-refractivity contribution in [2.45, 2.75) is 23.6 Å². The SMILES string of the molecule is Cc1cc2c(cc1Sc1cc3c(cc1C)C(=O)OC3=O)C(=O)OC2=O. The molecular formula is C18H10O6S. The highest BCUT2D eigenvalue weighted by atomic mass is 32.2. The van der Waals surface area contributed by atoms with Crippen LogP contribution in [0.25, 0.3) is 0 Å². The third-order valence-electron chi connectivity index (χ3n) is 4.10. The molecule has 0 unspecified atom stereocenters. The van der Waals surface area contributed by atoms with Crippen molar-refractivity contribution in [3.63, 3.8) is 0 Å². The fourth-order valence-electron chi connectivity index (χ4n) is 2.78. The van der Waals surface area contributed by atoms with Gasteiger partial charge in [0.2, 0.25) is 0 Å². The van der Waals surface area contributed by atoms with E-state index < -0.39 is 23.9 Å². The van der Waals surface area contributed by atoms with E-state index in [9.17, 15) is 19.2 Å². The molecule has 0 bridgehead atoms. The van der Waals surface area contributed by atoms with Crippen molar-refractivity contribution < 1.29 is 28.7 Å². The number of benzene rings is 2. The third kappa shape index (κ3) is 2.35. The van der Waals surface area contributed by atoms with Crippen LogP contribution in [0.2, 0.25) is 0 Å². The van der Waals surface area contributed by atoms with E-state index in [4.69, 9.17) is 0 Å². The summed E-state index contributed by atoms with van der Waals surface area (Å²) in [6.45, 7) is 3.64. The summed E-state index contributed by atoms with van der Waals surface area (Å²) in [4.78, 5) is 48.2. The minimum atomic E-state index is -0.665. The summed E-state index contributed by atoms with van der Waals surface area (Å²) in [7, 11) is 0. The first-order valence-corrected chi connectivity index (χ1v) is 8.17. The molecule has 0 fully saturated rings. The molecule has 0 aliphatic carbocycles. The minimum Gasteiger partial charge on any atom is -0.386 e. The zero-order valence-electron chi connectivity index (χ0n) is 13.2. The highest BCUT2D eigenvalue weighted by molar-refractivity contribution is 7.99. The third-order valence-corrected chi connectivity index (χ3v) is 5.42. The van der Waals surface area contributed by atoms with Gasteiger partial charge in [-0.3, -0.25) is 0 Å². The van der Waals surface area contributed by atoms with Crippen LogP contribution in [0.4, 0.5) is 0 Å². The van der Waals surface area contributed by atoms with Gasteiger partial charge in [-0.25, -0.2) is 19.2 Å². The van der Waals surface area contributed by atoms with Crippen molar-refractivity contribution in [1.29, 1.82) is 0 Å². The van der Waals surface area contributed by atoms with Gasteiger partial charge in [0, 0.05) is 9.79 Å². The molecular weight excluding hydrogens is 344 g/mol. The standard InChI is InChI=1S/C18H10O6S/c1-7-3-9-11(17(21)23-15(9)19)5-13(7)25-14-6-12-10(4-8(14)2)16(20)24-18(12)22/h3-6H,1-2H3. The number of hydrogen-bond donors (Lipinski definition) is 0. The Bertz CT molecular complexity index is 939. The quantitative estimate of drug-likeness (QED) is 0.605. The fraction of sp³-hybridized carbons (Fsp3) is 0.111. The van der Waals surface area contributed by atoms with E-state index in [1.54, 1.807) is 24.3 Å². The predicted octanol–water partition coefficient (Wildman–Crippen LogP) is 3.08. The Morgan fingerprint density at radius 1 is 0.600 bits per heavy atom. The highest BCUT2D eigenvalue weighted by Gasteiger charge is 2.32. The Morgan fingerprint density at radius 3 is 1.28 bits per heavy atom. The second-order valence-electron chi connectivity index (χ2n) is 5.78. The molecule has 0 saturated carbocycles.